The van der Waals surface area contributed by atoms with Gasteiger partial charge in [-0.25, -0.2) is 4.52 Å². The van der Waals surface area contributed by atoms with Crippen molar-refractivity contribution in [1.29, 1.82) is 0 Å². The van der Waals surface area contributed by atoms with Crippen molar-refractivity contribution in [1.82, 2.24) is 19.9 Å². The molecular weight excluding hydrogens is 272 g/mol. The number of rotatable bonds is 3. The number of oxime groups is 1. The molecule has 0 saturated heterocycles. The number of fused-ring (bicyclic) bond motifs is 1. The molecule has 0 aromatic carbocycles. The van der Waals surface area contributed by atoms with Gasteiger partial charge in [-0.05, 0) is 12.8 Å². The third kappa shape index (κ3) is 2.39. The van der Waals surface area contributed by atoms with Crippen molar-refractivity contribution in [3.8, 4) is 0 Å². The van der Waals surface area contributed by atoms with E-state index in [1.807, 2.05) is 0 Å². The van der Waals surface area contributed by atoms with E-state index < -0.39 is 0 Å². The standard InChI is InChI=1S/C13H16N6O2/c14-12(18-21)8-2-1-3-10(8)17-13(20)9-6-16-19-5-4-15-7-11(9)19/h4-8,10,21H,1-3H2,(H2,14,18)(H,17,20). The molecule has 4 N–H and O–H groups in total. The number of aromatic nitrogens is 3. The Kier molecular flexibility index (Phi) is 3.43. The third-order valence-electron chi connectivity index (χ3n) is 3.90. The van der Waals surface area contributed by atoms with Gasteiger partial charge >= 0.3 is 0 Å². The molecule has 8 heteroatoms. The fourth-order valence-corrected chi connectivity index (χ4v) is 2.82. The molecule has 2 unspecified atom stereocenters. The second kappa shape index (κ2) is 5.39. The third-order valence-corrected chi connectivity index (χ3v) is 3.90. The first-order chi connectivity index (χ1) is 10.2. The highest BCUT2D eigenvalue weighted by Gasteiger charge is 2.32. The Morgan fingerprint density at radius 3 is 3.14 bits per heavy atom. The minimum atomic E-state index is -0.222. The quantitative estimate of drug-likeness (QED) is 0.326. The van der Waals surface area contributed by atoms with Crippen LogP contribution in [0.4, 0.5) is 0 Å². The van der Waals surface area contributed by atoms with Crippen molar-refractivity contribution in [2.45, 2.75) is 25.3 Å². The van der Waals surface area contributed by atoms with Crippen LogP contribution in [0.25, 0.3) is 5.52 Å². The van der Waals surface area contributed by atoms with Gasteiger partial charge < -0.3 is 16.3 Å². The zero-order valence-corrected chi connectivity index (χ0v) is 11.3. The molecule has 110 valence electrons. The molecule has 1 fully saturated rings. The summed E-state index contributed by atoms with van der Waals surface area (Å²) in [5.74, 6) is -0.182. The molecule has 2 aromatic rings. The minimum Gasteiger partial charge on any atom is -0.409 e. The summed E-state index contributed by atoms with van der Waals surface area (Å²) in [5.41, 5.74) is 6.79. The maximum Gasteiger partial charge on any atom is 0.255 e. The molecule has 2 aromatic heterocycles. The van der Waals surface area contributed by atoms with Gasteiger partial charge in [-0.2, -0.15) is 5.10 Å². The van der Waals surface area contributed by atoms with E-state index in [9.17, 15) is 4.79 Å². The first-order valence-corrected chi connectivity index (χ1v) is 6.76. The summed E-state index contributed by atoms with van der Waals surface area (Å²) < 4.78 is 1.59. The summed E-state index contributed by atoms with van der Waals surface area (Å²) >= 11 is 0. The average Bonchev–Trinajstić information content (AvgIpc) is 3.12. The van der Waals surface area contributed by atoms with Gasteiger partial charge in [-0.3, -0.25) is 9.78 Å². The molecule has 1 aliphatic rings. The van der Waals surface area contributed by atoms with Crippen molar-refractivity contribution in [3.63, 3.8) is 0 Å². The van der Waals surface area contributed by atoms with Gasteiger partial charge in [0.25, 0.3) is 5.91 Å². The molecule has 1 aliphatic carbocycles. The maximum atomic E-state index is 12.4. The number of nitrogens with two attached hydrogens (primary N) is 1. The van der Waals surface area contributed by atoms with E-state index >= 15 is 0 Å². The summed E-state index contributed by atoms with van der Waals surface area (Å²) in [6, 6.07) is -0.125. The van der Waals surface area contributed by atoms with Crippen LogP contribution in [0.3, 0.4) is 0 Å². The number of carbonyl (C=O) groups excluding carboxylic acids is 1. The molecule has 2 atom stereocenters. The first-order valence-electron chi connectivity index (χ1n) is 6.76. The predicted octanol–water partition coefficient (Wildman–Crippen LogP) is 0.374. The van der Waals surface area contributed by atoms with Crippen LogP contribution >= 0.6 is 0 Å². The van der Waals surface area contributed by atoms with E-state index in [1.54, 1.807) is 23.1 Å². The Hall–Kier alpha value is -2.64. The van der Waals surface area contributed by atoms with Crippen LogP contribution in [0.15, 0.2) is 29.9 Å². The number of nitrogens with zero attached hydrogens (tertiary/aromatic N) is 4. The van der Waals surface area contributed by atoms with Gasteiger partial charge in [0, 0.05) is 24.4 Å². The lowest BCUT2D eigenvalue weighted by molar-refractivity contribution is 0.0935. The van der Waals surface area contributed by atoms with Gasteiger partial charge in [0.05, 0.1) is 23.5 Å². The van der Waals surface area contributed by atoms with E-state index in [0.29, 0.717) is 11.1 Å². The van der Waals surface area contributed by atoms with E-state index in [2.05, 4.69) is 20.6 Å². The molecular formula is C13H16N6O2. The average molecular weight is 288 g/mol. The van der Waals surface area contributed by atoms with Gasteiger partial charge in [-0.1, -0.05) is 11.6 Å². The smallest absolute Gasteiger partial charge is 0.255 e. The van der Waals surface area contributed by atoms with E-state index in [0.717, 1.165) is 19.3 Å². The summed E-state index contributed by atoms with van der Waals surface area (Å²) in [6.07, 6.45) is 8.94. The summed E-state index contributed by atoms with van der Waals surface area (Å²) in [5, 5.41) is 18.9. The van der Waals surface area contributed by atoms with Crippen molar-refractivity contribution in [2.75, 3.05) is 0 Å². The van der Waals surface area contributed by atoms with Crippen LogP contribution in [0, 0.1) is 5.92 Å². The topological polar surface area (TPSA) is 118 Å². The summed E-state index contributed by atoms with van der Waals surface area (Å²) in [4.78, 5) is 16.4. The second-order valence-corrected chi connectivity index (χ2v) is 5.11. The number of amidine groups is 1. The number of hydrogen-bond donors (Lipinski definition) is 3. The molecule has 0 spiro atoms. The van der Waals surface area contributed by atoms with Gasteiger partial charge in [-0.15, -0.1) is 0 Å². The zero-order chi connectivity index (χ0) is 14.8. The Bertz CT molecular complexity index is 695. The van der Waals surface area contributed by atoms with Crippen molar-refractivity contribution < 1.29 is 10.0 Å². The van der Waals surface area contributed by atoms with Crippen LogP contribution in [0.5, 0.6) is 0 Å². The molecule has 0 bridgehead atoms. The Morgan fingerprint density at radius 2 is 2.33 bits per heavy atom. The molecule has 1 saturated carbocycles. The zero-order valence-electron chi connectivity index (χ0n) is 11.3. The lowest BCUT2D eigenvalue weighted by Crippen LogP contribution is -2.42. The van der Waals surface area contributed by atoms with Crippen LogP contribution in [0.1, 0.15) is 29.6 Å². The minimum absolute atomic E-state index is 0.125. The highest BCUT2D eigenvalue weighted by Crippen LogP contribution is 2.26. The largest absolute Gasteiger partial charge is 0.409 e. The number of amides is 1. The molecule has 8 nitrogen and oxygen atoms in total. The number of nitrogens with one attached hydrogen (secondary N) is 1. The first kappa shape index (κ1) is 13.3. The van der Waals surface area contributed by atoms with Crippen molar-refractivity contribution in [3.05, 3.63) is 30.4 Å². The molecule has 0 radical (unpaired) electrons. The van der Waals surface area contributed by atoms with Crippen LogP contribution in [-0.2, 0) is 0 Å². The highest BCUT2D eigenvalue weighted by atomic mass is 16.4. The molecule has 21 heavy (non-hydrogen) atoms. The second-order valence-electron chi connectivity index (χ2n) is 5.11. The van der Waals surface area contributed by atoms with Gasteiger partial charge in [0.15, 0.2) is 0 Å². The number of hydrogen-bond acceptors (Lipinski definition) is 5. The Labute approximate surface area is 120 Å². The summed E-state index contributed by atoms with van der Waals surface area (Å²) in [6.45, 7) is 0. The van der Waals surface area contributed by atoms with Crippen molar-refractivity contribution in [2.24, 2.45) is 16.8 Å². The van der Waals surface area contributed by atoms with Crippen LogP contribution in [0.2, 0.25) is 0 Å². The number of carbonyl (C=O) groups is 1. The monoisotopic (exact) mass is 288 g/mol. The SMILES string of the molecule is N/C(=N/O)C1CCCC1NC(=O)c1cnn2ccncc12. The van der Waals surface area contributed by atoms with Crippen LogP contribution < -0.4 is 11.1 Å². The van der Waals surface area contributed by atoms with Crippen LogP contribution in [-0.4, -0.2) is 37.6 Å². The predicted molar refractivity (Wildman–Crippen MR) is 75.0 cm³/mol. The Balaban J connectivity index is 1.80. The maximum absolute atomic E-state index is 12.4. The van der Waals surface area contributed by atoms with E-state index in [1.165, 1.54) is 6.20 Å². The molecule has 1 amide bonds. The fraction of sp³-hybridized carbons (Fsp3) is 0.385. The lowest BCUT2D eigenvalue weighted by Gasteiger charge is -2.19. The Morgan fingerprint density at radius 1 is 1.48 bits per heavy atom. The van der Waals surface area contributed by atoms with E-state index in [-0.39, 0.29) is 23.7 Å². The highest BCUT2D eigenvalue weighted by molar-refractivity contribution is 6.00. The van der Waals surface area contributed by atoms with Gasteiger partial charge in [0.1, 0.15) is 5.84 Å². The fourth-order valence-electron chi connectivity index (χ4n) is 2.82. The lowest BCUT2D eigenvalue weighted by atomic mass is 10.0. The summed E-state index contributed by atoms with van der Waals surface area (Å²) in [7, 11) is 0. The molecule has 3 rings (SSSR count). The van der Waals surface area contributed by atoms with E-state index in [4.69, 9.17) is 10.9 Å². The van der Waals surface area contributed by atoms with Crippen molar-refractivity contribution >= 4 is 17.3 Å². The normalized spacial score (nSPS) is 22.6. The molecule has 2 heterocycles. The molecule has 0 aliphatic heterocycles. The van der Waals surface area contributed by atoms with Gasteiger partial charge in [0.2, 0.25) is 0 Å².